The van der Waals surface area contributed by atoms with E-state index in [0.717, 1.165) is 6.07 Å². The molecule has 0 amide bonds. The second-order valence-corrected chi connectivity index (χ2v) is 5.01. The first-order valence-corrected chi connectivity index (χ1v) is 6.11. The minimum atomic E-state index is -4.45. The van der Waals surface area contributed by atoms with Crippen molar-refractivity contribution in [3.8, 4) is 0 Å². The second kappa shape index (κ2) is 4.88. The lowest BCUT2D eigenvalue weighted by molar-refractivity contribution is -0.137. The van der Waals surface area contributed by atoms with E-state index in [0.29, 0.717) is 13.1 Å². The summed E-state index contributed by atoms with van der Waals surface area (Å²) in [5.74, 6) is -0.0399. The van der Waals surface area contributed by atoms with Crippen LogP contribution >= 0.6 is 0 Å². The van der Waals surface area contributed by atoms with Crippen molar-refractivity contribution in [2.45, 2.75) is 32.1 Å². The Labute approximate surface area is 109 Å². The molecule has 19 heavy (non-hydrogen) atoms. The van der Waals surface area contributed by atoms with Gasteiger partial charge in [0.1, 0.15) is 11.4 Å². The number of hydrogen-bond acceptors (Lipinski definition) is 4. The third-order valence-corrected chi connectivity index (χ3v) is 3.05. The van der Waals surface area contributed by atoms with Gasteiger partial charge in [-0.3, -0.25) is 0 Å². The van der Waals surface area contributed by atoms with Crippen molar-refractivity contribution < 1.29 is 13.2 Å². The average Bonchev–Trinajstić information content (AvgIpc) is 2.26. The monoisotopic (exact) mass is 274 g/mol. The van der Waals surface area contributed by atoms with Crippen LogP contribution in [-0.4, -0.2) is 30.2 Å². The fourth-order valence-electron chi connectivity index (χ4n) is 2.43. The molecule has 2 heterocycles. The molecule has 106 valence electrons. The van der Waals surface area contributed by atoms with Gasteiger partial charge in [-0.1, -0.05) is 0 Å². The molecule has 1 saturated heterocycles. The predicted molar refractivity (Wildman–Crippen MR) is 67.9 cm³/mol. The number of pyridine rings is 1. The van der Waals surface area contributed by atoms with Crippen LogP contribution in [0.3, 0.4) is 0 Å². The van der Waals surface area contributed by atoms with Gasteiger partial charge in [0.25, 0.3) is 0 Å². The van der Waals surface area contributed by atoms with Gasteiger partial charge in [0.05, 0.1) is 11.9 Å². The third kappa shape index (κ3) is 3.09. The molecular formula is C12H17F3N4. The molecule has 0 unspecified atom stereocenters. The van der Waals surface area contributed by atoms with Crippen LogP contribution in [0, 0.1) is 0 Å². The smallest absolute Gasteiger partial charge is 0.397 e. The molecule has 0 spiro atoms. The summed E-state index contributed by atoms with van der Waals surface area (Å²) in [4.78, 5) is 5.55. The lowest BCUT2D eigenvalue weighted by atomic mass is 10.1. The Balaban J connectivity index is 2.39. The summed E-state index contributed by atoms with van der Waals surface area (Å²) in [7, 11) is 0. The topological polar surface area (TPSA) is 54.2 Å². The Kier molecular flexibility index (Phi) is 3.58. The van der Waals surface area contributed by atoms with E-state index in [2.05, 4.69) is 10.3 Å². The van der Waals surface area contributed by atoms with Gasteiger partial charge in [-0.25, -0.2) is 4.98 Å². The number of halogens is 3. The Morgan fingerprint density at radius 1 is 1.32 bits per heavy atom. The fourth-order valence-corrected chi connectivity index (χ4v) is 2.43. The van der Waals surface area contributed by atoms with E-state index in [1.54, 1.807) is 4.90 Å². The van der Waals surface area contributed by atoms with E-state index < -0.39 is 11.7 Å². The number of rotatable bonds is 1. The average molecular weight is 274 g/mol. The summed E-state index contributed by atoms with van der Waals surface area (Å²) in [5.41, 5.74) is 4.67. The van der Waals surface area contributed by atoms with Crippen LogP contribution < -0.4 is 16.0 Å². The number of aromatic nitrogens is 1. The van der Waals surface area contributed by atoms with Crippen molar-refractivity contribution in [1.82, 2.24) is 10.3 Å². The zero-order valence-electron chi connectivity index (χ0n) is 10.8. The Hall–Kier alpha value is -1.50. The molecule has 1 aliphatic rings. The highest BCUT2D eigenvalue weighted by atomic mass is 19.4. The molecule has 0 radical (unpaired) electrons. The second-order valence-electron chi connectivity index (χ2n) is 5.01. The van der Waals surface area contributed by atoms with Crippen LogP contribution in [0.2, 0.25) is 0 Å². The van der Waals surface area contributed by atoms with Gasteiger partial charge >= 0.3 is 6.18 Å². The van der Waals surface area contributed by atoms with Gasteiger partial charge in [-0.05, 0) is 19.9 Å². The Bertz CT molecular complexity index is 451. The summed E-state index contributed by atoms with van der Waals surface area (Å²) in [6, 6.07) is 1.17. The summed E-state index contributed by atoms with van der Waals surface area (Å²) in [6.07, 6.45) is -3.18. The zero-order chi connectivity index (χ0) is 14.2. The number of nitrogen functional groups attached to an aromatic ring is 1. The van der Waals surface area contributed by atoms with Crippen molar-refractivity contribution in [2.75, 3.05) is 23.7 Å². The highest BCUT2D eigenvalue weighted by Gasteiger charge is 2.37. The minimum Gasteiger partial charge on any atom is -0.397 e. The Morgan fingerprint density at radius 2 is 1.89 bits per heavy atom. The van der Waals surface area contributed by atoms with Gasteiger partial charge in [-0.15, -0.1) is 0 Å². The molecule has 0 bridgehead atoms. The summed E-state index contributed by atoms with van der Waals surface area (Å²) in [5, 5.41) is 3.27. The molecule has 2 atom stereocenters. The quantitative estimate of drug-likeness (QED) is 0.821. The van der Waals surface area contributed by atoms with Gasteiger partial charge in [0, 0.05) is 25.2 Å². The van der Waals surface area contributed by atoms with E-state index >= 15 is 0 Å². The summed E-state index contributed by atoms with van der Waals surface area (Å²) >= 11 is 0. The normalized spacial score (nSPS) is 24.6. The van der Waals surface area contributed by atoms with Gasteiger partial charge in [-0.2, -0.15) is 13.2 Å². The summed E-state index contributed by atoms with van der Waals surface area (Å²) < 4.78 is 39.1. The third-order valence-electron chi connectivity index (χ3n) is 3.05. The first kappa shape index (κ1) is 13.9. The molecule has 0 saturated carbocycles. The molecular weight excluding hydrogens is 257 g/mol. The first-order chi connectivity index (χ1) is 8.77. The number of hydrogen-bond donors (Lipinski definition) is 2. The van der Waals surface area contributed by atoms with Crippen LogP contribution in [0.25, 0.3) is 0 Å². The lowest BCUT2D eigenvalue weighted by Gasteiger charge is -2.37. The lowest BCUT2D eigenvalue weighted by Crippen LogP contribution is -2.54. The van der Waals surface area contributed by atoms with Crippen molar-refractivity contribution in [3.63, 3.8) is 0 Å². The van der Waals surface area contributed by atoms with Crippen LogP contribution in [0.5, 0.6) is 0 Å². The first-order valence-electron chi connectivity index (χ1n) is 6.11. The molecule has 7 heteroatoms. The summed E-state index contributed by atoms with van der Waals surface area (Å²) in [6.45, 7) is 4.86. The van der Waals surface area contributed by atoms with E-state index in [1.807, 2.05) is 13.8 Å². The van der Waals surface area contributed by atoms with E-state index in [4.69, 9.17) is 5.73 Å². The van der Waals surface area contributed by atoms with Gasteiger partial charge < -0.3 is 16.0 Å². The number of anilines is 2. The predicted octanol–water partition coefficient (Wildman–Crippen LogP) is 1.87. The SMILES string of the molecule is C[C@@H]1CN(c2ncc(N)cc2C(F)(F)F)C[C@H](C)N1. The maximum absolute atomic E-state index is 13.0. The van der Waals surface area contributed by atoms with Crippen LogP contribution in [0.4, 0.5) is 24.7 Å². The Morgan fingerprint density at radius 3 is 2.42 bits per heavy atom. The van der Waals surface area contributed by atoms with Crippen LogP contribution in [0.1, 0.15) is 19.4 Å². The fraction of sp³-hybridized carbons (Fsp3) is 0.583. The molecule has 1 aromatic rings. The van der Waals surface area contributed by atoms with Gasteiger partial charge in [0.2, 0.25) is 0 Å². The standard InChI is InChI=1S/C12H17F3N4/c1-7-5-19(6-8(2)18-7)11-10(12(13,14)15)3-9(16)4-17-11/h3-4,7-8,18H,5-6,16H2,1-2H3/t7-,8+. The van der Waals surface area contributed by atoms with Crippen molar-refractivity contribution in [2.24, 2.45) is 0 Å². The maximum atomic E-state index is 13.0. The molecule has 0 aliphatic carbocycles. The van der Waals surface area contributed by atoms with E-state index in [1.165, 1.54) is 6.20 Å². The van der Waals surface area contributed by atoms with Crippen molar-refractivity contribution in [1.29, 1.82) is 0 Å². The van der Waals surface area contributed by atoms with Crippen molar-refractivity contribution >= 4 is 11.5 Å². The number of piperazine rings is 1. The molecule has 1 aliphatic heterocycles. The van der Waals surface area contributed by atoms with Crippen LogP contribution in [0.15, 0.2) is 12.3 Å². The molecule has 2 rings (SSSR count). The molecule has 0 aromatic carbocycles. The number of nitrogens with two attached hydrogens (primary N) is 1. The highest BCUT2D eigenvalue weighted by Crippen LogP contribution is 2.36. The number of nitrogens with one attached hydrogen (secondary N) is 1. The zero-order valence-corrected chi connectivity index (χ0v) is 10.8. The van der Waals surface area contributed by atoms with E-state index in [9.17, 15) is 13.2 Å². The van der Waals surface area contributed by atoms with Crippen LogP contribution in [-0.2, 0) is 6.18 Å². The van der Waals surface area contributed by atoms with Gasteiger partial charge in [0.15, 0.2) is 0 Å². The number of alkyl halides is 3. The molecule has 4 nitrogen and oxygen atoms in total. The molecule has 1 fully saturated rings. The molecule has 1 aromatic heterocycles. The number of nitrogens with zero attached hydrogens (tertiary/aromatic N) is 2. The highest BCUT2D eigenvalue weighted by molar-refractivity contribution is 5.55. The minimum absolute atomic E-state index is 0.0207. The van der Waals surface area contributed by atoms with Crippen molar-refractivity contribution in [3.05, 3.63) is 17.8 Å². The van der Waals surface area contributed by atoms with E-state index in [-0.39, 0.29) is 23.6 Å². The molecule has 3 N–H and O–H groups in total. The largest absolute Gasteiger partial charge is 0.420 e. The maximum Gasteiger partial charge on any atom is 0.420 e.